The molecule has 2 fully saturated rings. The number of cyclic esters (lactones) is 1. The van der Waals surface area contributed by atoms with Gasteiger partial charge >= 0.3 is 5.97 Å². The van der Waals surface area contributed by atoms with Crippen LogP contribution in [0.25, 0.3) is 0 Å². The highest BCUT2D eigenvalue weighted by molar-refractivity contribution is 6.01. The number of nitrogens with one attached hydrogen (secondary N) is 3. The number of aliphatic hydroxyl groups is 1. The monoisotopic (exact) mass is 878 g/mol. The van der Waals surface area contributed by atoms with Crippen LogP contribution in [-0.4, -0.2) is 152 Å². The van der Waals surface area contributed by atoms with E-state index in [1.165, 1.54) is 77.3 Å². The molecule has 0 aliphatic carbocycles. The lowest BCUT2D eigenvalue weighted by Crippen LogP contribution is -2.64. The first-order valence-electron chi connectivity index (χ1n) is 21.0. The summed E-state index contributed by atoms with van der Waals surface area (Å²) in [5, 5.41) is 28.8. The largest absolute Gasteiger partial charge is 0.505 e. The van der Waals surface area contributed by atoms with Gasteiger partial charge in [-0.15, -0.1) is 0 Å². The number of hydrogen-bond acceptors (Lipinski definition) is 12. The summed E-state index contributed by atoms with van der Waals surface area (Å²) in [5.41, 5.74) is -1.92. The van der Waals surface area contributed by atoms with Crippen molar-refractivity contribution in [2.24, 2.45) is 17.8 Å². The third-order valence-corrected chi connectivity index (χ3v) is 12.0. The standard InChI is InChI=1S/C44H62N8O11/c1-23(2)20-29-40(59)52-22-28(53)21-30(52)41(60)51(11)44(7,8)43(62)50(10)33(25(5)24(3)4)36(56)46-26(6)39(58)49(9)34(27-16-13-12-14-17-27)42(61)63-38(37(57)47-29)48-35(55)32-31(54)18-15-19-45-32/h12-19,23-26,28-30,33-34,38,53-54H,20-22H2,1-11H3,(H,46,56)(H,47,57)(H,48,55)/t25-,26+,28-,29+,30+,33-,34-,38-/m1/s1. The van der Waals surface area contributed by atoms with Gasteiger partial charge in [0.1, 0.15) is 35.5 Å². The van der Waals surface area contributed by atoms with E-state index in [1.807, 2.05) is 13.8 Å². The van der Waals surface area contributed by atoms with Crippen molar-refractivity contribution in [2.45, 2.75) is 116 Å². The van der Waals surface area contributed by atoms with Gasteiger partial charge in [-0.1, -0.05) is 65.0 Å². The number of nitrogens with zero attached hydrogens (tertiary/aromatic N) is 5. The molecule has 1 aromatic heterocycles. The Balaban J connectivity index is 1.91. The van der Waals surface area contributed by atoms with Crippen molar-refractivity contribution in [1.29, 1.82) is 0 Å². The Morgan fingerprint density at radius 3 is 2.11 bits per heavy atom. The zero-order valence-corrected chi connectivity index (χ0v) is 37.8. The molecule has 2 aromatic rings. The molecule has 2 aliphatic rings. The van der Waals surface area contributed by atoms with Crippen molar-refractivity contribution in [2.75, 3.05) is 27.7 Å². The highest BCUT2D eigenvalue weighted by atomic mass is 16.6. The van der Waals surface area contributed by atoms with E-state index < -0.39 is 113 Å². The smallest absolute Gasteiger partial charge is 0.335 e. The van der Waals surface area contributed by atoms with E-state index in [-0.39, 0.29) is 36.8 Å². The fourth-order valence-corrected chi connectivity index (χ4v) is 7.80. The van der Waals surface area contributed by atoms with Crippen LogP contribution in [0.5, 0.6) is 5.75 Å². The number of rotatable bonds is 7. The molecule has 8 atom stereocenters. The molecule has 0 radical (unpaired) electrons. The number of esters is 1. The number of likely N-dealkylation sites (N-methyl/N-ethyl adjacent to an activating group) is 3. The summed E-state index contributed by atoms with van der Waals surface area (Å²) in [6.45, 7) is 13.1. The number of carbonyl (C=O) groups excluding carboxylic acids is 8. The van der Waals surface area contributed by atoms with Gasteiger partial charge < -0.3 is 50.5 Å². The zero-order valence-electron chi connectivity index (χ0n) is 37.8. The fraction of sp³-hybridized carbons (Fsp3) is 0.568. The van der Waals surface area contributed by atoms with Gasteiger partial charge in [0.25, 0.3) is 18.0 Å². The average molecular weight is 879 g/mol. The number of pyridine rings is 1. The number of aromatic nitrogens is 1. The zero-order chi connectivity index (χ0) is 47.2. The summed E-state index contributed by atoms with van der Waals surface area (Å²) in [6.07, 6.45) is -2.37. The van der Waals surface area contributed by atoms with Crippen LogP contribution in [-0.2, 0) is 38.3 Å². The van der Waals surface area contributed by atoms with Crippen molar-refractivity contribution in [3.05, 3.63) is 59.9 Å². The Bertz CT molecular complexity index is 2050. The minimum absolute atomic E-state index is 0.0173. The summed E-state index contributed by atoms with van der Waals surface area (Å²) in [5.74, 6) is -8.58. The molecule has 3 heterocycles. The Labute approximate surface area is 367 Å². The van der Waals surface area contributed by atoms with Crippen LogP contribution in [0.4, 0.5) is 0 Å². The van der Waals surface area contributed by atoms with Crippen LogP contribution >= 0.6 is 0 Å². The molecular formula is C44H62N8O11. The molecule has 63 heavy (non-hydrogen) atoms. The predicted molar refractivity (Wildman–Crippen MR) is 228 cm³/mol. The molecule has 344 valence electrons. The molecule has 0 unspecified atom stereocenters. The maximum atomic E-state index is 14.6. The third kappa shape index (κ3) is 11.1. The van der Waals surface area contributed by atoms with E-state index in [2.05, 4.69) is 20.9 Å². The molecule has 19 heteroatoms. The van der Waals surface area contributed by atoms with Gasteiger partial charge in [-0.2, -0.15) is 0 Å². The number of hydrogen-bond donors (Lipinski definition) is 5. The summed E-state index contributed by atoms with van der Waals surface area (Å²) in [4.78, 5) is 123. The molecule has 0 bridgehead atoms. The highest BCUT2D eigenvalue weighted by Gasteiger charge is 2.49. The molecule has 7 amide bonds. The number of amides is 7. The third-order valence-electron chi connectivity index (χ3n) is 12.0. The van der Waals surface area contributed by atoms with Crippen molar-refractivity contribution in [3.63, 3.8) is 0 Å². The summed E-state index contributed by atoms with van der Waals surface area (Å²) >= 11 is 0. The number of benzene rings is 1. The second-order valence-electron chi connectivity index (χ2n) is 17.7. The fourth-order valence-electron chi connectivity index (χ4n) is 7.80. The summed E-state index contributed by atoms with van der Waals surface area (Å²) in [6, 6.07) is 3.70. The number of aliphatic hydroxyl groups excluding tert-OH is 1. The quantitative estimate of drug-likeness (QED) is 0.244. The lowest BCUT2D eigenvalue weighted by molar-refractivity contribution is -0.165. The lowest BCUT2D eigenvalue weighted by Gasteiger charge is -2.43. The second kappa shape index (κ2) is 20.4. The van der Waals surface area contributed by atoms with Crippen LogP contribution in [0, 0.1) is 17.8 Å². The van der Waals surface area contributed by atoms with Gasteiger partial charge in [0.2, 0.25) is 29.5 Å². The molecular weight excluding hydrogens is 817 g/mol. The summed E-state index contributed by atoms with van der Waals surface area (Å²) < 4.78 is 5.74. The minimum atomic E-state index is -2.21. The van der Waals surface area contributed by atoms with Crippen LogP contribution in [0.3, 0.4) is 0 Å². The van der Waals surface area contributed by atoms with E-state index in [1.54, 1.807) is 39.0 Å². The number of carbonyl (C=O) groups is 8. The number of ether oxygens (including phenoxy) is 1. The Kier molecular flexibility index (Phi) is 16.0. The van der Waals surface area contributed by atoms with Gasteiger partial charge in [0.15, 0.2) is 11.7 Å². The summed E-state index contributed by atoms with van der Waals surface area (Å²) in [7, 11) is 4.10. The molecule has 4 rings (SSSR count). The highest BCUT2D eigenvalue weighted by Crippen LogP contribution is 2.29. The Morgan fingerprint density at radius 1 is 0.889 bits per heavy atom. The van der Waals surface area contributed by atoms with Gasteiger partial charge in [-0.3, -0.25) is 33.6 Å². The van der Waals surface area contributed by atoms with E-state index in [4.69, 9.17) is 4.74 Å². The van der Waals surface area contributed by atoms with Gasteiger partial charge in [0, 0.05) is 40.3 Å². The van der Waals surface area contributed by atoms with Crippen LogP contribution in [0.1, 0.15) is 90.3 Å². The van der Waals surface area contributed by atoms with Crippen LogP contribution in [0.2, 0.25) is 0 Å². The molecule has 0 spiro atoms. The molecule has 5 N–H and O–H groups in total. The van der Waals surface area contributed by atoms with Crippen molar-refractivity contribution < 1.29 is 53.3 Å². The first-order chi connectivity index (χ1) is 29.4. The number of aromatic hydroxyl groups is 1. The maximum Gasteiger partial charge on any atom is 0.335 e. The molecule has 2 aliphatic heterocycles. The molecule has 19 nitrogen and oxygen atoms in total. The van der Waals surface area contributed by atoms with Crippen molar-refractivity contribution in [3.8, 4) is 5.75 Å². The predicted octanol–water partition coefficient (Wildman–Crippen LogP) is 0.953. The van der Waals surface area contributed by atoms with Crippen molar-refractivity contribution in [1.82, 2.24) is 40.5 Å². The van der Waals surface area contributed by atoms with Crippen molar-refractivity contribution >= 4 is 47.3 Å². The first-order valence-corrected chi connectivity index (χ1v) is 21.0. The number of fused-ring (bicyclic) bond motifs is 1. The molecule has 0 saturated carbocycles. The minimum Gasteiger partial charge on any atom is -0.505 e. The Hall–Kier alpha value is -6.11. The lowest BCUT2D eigenvalue weighted by atomic mass is 9.87. The SMILES string of the molecule is CC(C)C[C@@H]1NC(=O)[C@H](NC(=O)c2ncccc2O)OC(=O)[C@@H](c2ccccc2)N(C)C(=O)[C@H](C)NC(=O)[C@@H]([C@H](C)C(C)C)N(C)C(=O)C(C)(C)N(C)C(=O)[C@@H]2C[C@@H](O)CN2C1=O. The Morgan fingerprint density at radius 2 is 1.52 bits per heavy atom. The molecule has 2 saturated heterocycles. The van der Waals surface area contributed by atoms with E-state index in [9.17, 15) is 48.6 Å². The second-order valence-corrected chi connectivity index (χ2v) is 17.7. The molecule has 1 aromatic carbocycles. The van der Waals surface area contributed by atoms with Crippen LogP contribution in [0.15, 0.2) is 48.7 Å². The van der Waals surface area contributed by atoms with E-state index >= 15 is 0 Å². The first kappa shape index (κ1) is 49.5. The van der Waals surface area contributed by atoms with E-state index in [0.717, 1.165) is 14.7 Å². The van der Waals surface area contributed by atoms with Gasteiger partial charge in [-0.25, -0.2) is 9.78 Å². The maximum absolute atomic E-state index is 14.6. The normalized spacial score (nSPS) is 26.5. The van der Waals surface area contributed by atoms with Crippen LogP contribution < -0.4 is 16.0 Å². The van der Waals surface area contributed by atoms with Gasteiger partial charge in [0.05, 0.1) is 6.10 Å². The average Bonchev–Trinajstić information content (AvgIpc) is 3.62. The van der Waals surface area contributed by atoms with E-state index in [0.29, 0.717) is 0 Å². The topological polar surface area (TPSA) is 248 Å². The van der Waals surface area contributed by atoms with Gasteiger partial charge in [-0.05, 0) is 62.6 Å².